The fraction of sp³-hybridized carbons (Fsp3) is 0.360. The summed E-state index contributed by atoms with van der Waals surface area (Å²) < 4.78 is 59.9. The molecule has 0 saturated heterocycles. The Morgan fingerprint density at radius 1 is 1.20 bits per heavy atom. The Hall–Kier alpha value is -3.94. The summed E-state index contributed by atoms with van der Waals surface area (Å²) in [5.41, 5.74) is -0.805. The molecule has 0 unspecified atom stereocenters. The van der Waals surface area contributed by atoms with Crippen molar-refractivity contribution in [2.75, 3.05) is 19.5 Å². The van der Waals surface area contributed by atoms with Crippen LogP contribution in [-0.2, 0) is 22.4 Å². The molecule has 0 bridgehead atoms. The first-order chi connectivity index (χ1) is 19.2. The quantitative estimate of drug-likeness (QED) is 0.219. The Morgan fingerprint density at radius 2 is 1.88 bits per heavy atom. The number of nitrogens with one attached hydrogen (secondary N) is 1. The number of pyridine rings is 1. The highest BCUT2D eigenvalue weighted by molar-refractivity contribution is 7.53. The number of nitrogens with zero attached hydrogens (tertiary/aromatic N) is 5. The molecular weight excluding hydrogens is 568 g/mol. The molecule has 4 N–H and O–H groups in total. The van der Waals surface area contributed by atoms with Crippen molar-refractivity contribution in [1.29, 1.82) is 0 Å². The topological polar surface area (TPSA) is 162 Å². The summed E-state index contributed by atoms with van der Waals surface area (Å²) in [6.45, 7) is 3.51. The number of amides is 1. The van der Waals surface area contributed by atoms with Crippen molar-refractivity contribution in [3.63, 3.8) is 0 Å². The van der Waals surface area contributed by atoms with Crippen LogP contribution in [0.25, 0.3) is 0 Å². The van der Waals surface area contributed by atoms with E-state index in [0.717, 1.165) is 6.20 Å². The van der Waals surface area contributed by atoms with Gasteiger partial charge in [-0.05, 0) is 42.2 Å². The number of carbonyl (C=O) groups excluding carboxylic acids is 1. The fourth-order valence-corrected chi connectivity index (χ4v) is 6.12. The molecule has 220 valence electrons. The van der Waals surface area contributed by atoms with Crippen LogP contribution in [0.1, 0.15) is 53.7 Å². The second-order valence-corrected chi connectivity index (χ2v) is 11.4. The van der Waals surface area contributed by atoms with Gasteiger partial charge in [-0.15, -0.1) is 0 Å². The maximum absolute atomic E-state index is 13.9. The minimum Gasteiger partial charge on any atom is -0.495 e. The molecule has 3 aromatic rings. The molecule has 1 aliphatic heterocycles. The van der Waals surface area contributed by atoms with Crippen molar-refractivity contribution in [2.24, 2.45) is 4.99 Å². The van der Waals surface area contributed by atoms with Crippen LogP contribution in [0.4, 0.5) is 30.6 Å². The van der Waals surface area contributed by atoms with Crippen molar-refractivity contribution in [2.45, 2.75) is 44.6 Å². The van der Waals surface area contributed by atoms with E-state index < -0.39 is 41.7 Å². The van der Waals surface area contributed by atoms with Crippen molar-refractivity contribution < 1.29 is 42.3 Å². The first-order valence-corrected chi connectivity index (χ1v) is 14.0. The van der Waals surface area contributed by atoms with Gasteiger partial charge in [0.1, 0.15) is 11.3 Å². The summed E-state index contributed by atoms with van der Waals surface area (Å²) in [6.07, 6.45) is -2.96. The van der Waals surface area contributed by atoms with Gasteiger partial charge in [0.25, 0.3) is 5.91 Å². The van der Waals surface area contributed by atoms with Crippen molar-refractivity contribution in [3.05, 3.63) is 64.4 Å². The Balaban J connectivity index is 1.83. The molecule has 3 heterocycles. The molecule has 2 aromatic heterocycles. The summed E-state index contributed by atoms with van der Waals surface area (Å²) in [5.74, 6) is -1.58. The maximum atomic E-state index is 13.9. The molecule has 4 rings (SSSR count). The standard InChI is InChI=1S/C25H28F3N6O6P/c1-5-24(6-2,41(37,38)39)15-7-8-17(18(11-15)40-4)30-23-29-12-16(25(26,27)28)20(32-23)31-21-19-14(9-10-34(21)36)13-33(3)22(19)35/h7-12,36H,5-6,13H2,1-4H3,(H,29,30,32)(H2,37,38,39). The van der Waals surface area contributed by atoms with Crippen LogP contribution in [0.2, 0.25) is 0 Å². The van der Waals surface area contributed by atoms with Gasteiger partial charge in [0, 0.05) is 26.0 Å². The van der Waals surface area contributed by atoms with Gasteiger partial charge in [0.15, 0.2) is 11.3 Å². The number of ether oxygens (including phenoxy) is 1. The SMILES string of the molecule is CCC(CC)(c1ccc(Nc2ncc(C(F)(F)F)c(N=c3c4c(ccn3O)CN(C)C4=O)n2)c(OC)c1)P(=O)(O)O. The molecule has 12 nitrogen and oxygen atoms in total. The molecule has 1 amide bonds. The highest BCUT2D eigenvalue weighted by Gasteiger charge is 2.45. The first-order valence-electron chi connectivity index (χ1n) is 12.4. The zero-order valence-electron chi connectivity index (χ0n) is 22.5. The number of alkyl halides is 3. The molecule has 16 heteroatoms. The van der Waals surface area contributed by atoms with Crippen molar-refractivity contribution in [3.8, 4) is 5.75 Å². The van der Waals surface area contributed by atoms with Crippen LogP contribution in [0.15, 0.2) is 41.7 Å². The third-order valence-corrected chi connectivity index (χ3v) is 9.15. The summed E-state index contributed by atoms with van der Waals surface area (Å²) in [4.78, 5) is 45.8. The van der Waals surface area contributed by atoms with E-state index >= 15 is 0 Å². The second-order valence-electron chi connectivity index (χ2n) is 9.41. The van der Waals surface area contributed by atoms with Crippen LogP contribution < -0.4 is 15.5 Å². The number of hydrogen-bond donors (Lipinski definition) is 4. The number of benzene rings is 1. The molecule has 0 atom stereocenters. The van der Waals surface area contributed by atoms with Crippen molar-refractivity contribution in [1.82, 2.24) is 19.6 Å². The Bertz CT molecular complexity index is 1620. The van der Waals surface area contributed by atoms with E-state index in [1.54, 1.807) is 13.8 Å². The highest BCUT2D eigenvalue weighted by Crippen LogP contribution is 2.61. The van der Waals surface area contributed by atoms with E-state index in [2.05, 4.69) is 20.3 Å². The Morgan fingerprint density at radius 3 is 2.46 bits per heavy atom. The van der Waals surface area contributed by atoms with Gasteiger partial charge in [-0.2, -0.15) is 22.9 Å². The van der Waals surface area contributed by atoms with E-state index in [-0.39, 0.29) is 42.3 Å². The van der Waals surface area contributed by atoms with E-state index in [1.165, 1.54) is 43.3 Å². The molecule has 0 aliphatic carbocycles. The monoisotopic (exact) mass is 596 g/mol. The number of anilines is 2. The lowest BCUT2D eigenvalue weighted by atomic mass is 9.92. The van der Waals surface area contributed by atoms with E-state index in [0.29, 0.717) is 22.1 Å². The number of methoxy groups -OCH3 is 1. The van der Waals surface area contributed by atoms with Gasteiger partial charge in [-0.3, -0.25) is 9.36 Å². The summed E-state index contributed by atoms with van der Waals surface area (Å²) in [6, 6.07) is 5.83. The molecule has 41 heavy (non-hydrogen) atoms. The first kappa shape index (κ1) is 30.0. The number of fused-ring (bicyclic) bond motifs is 1. The summed E-state index contributed by atoms with van der Waals surface area (Å²) >= 11 is 0. The largest absolute Gasteiger partial charge is 0.495 e. The Labute approximate surface area is 232 Å². The average molecular weight is 597 g/mol. The summed E-state index contributed by atoms with van der Waals surface area (Å²) in [5, 5.41) is 11.6. The fourth-order valence-electron chi connectivity index (χ4n) is 4.82. The smallest absolute Gasteiger partial charge is 0.421 e. The van der Waals surface area contributed by atoms with Gasteiger partial charge in [-0.1, -0.05) is 19.9 Å². The lowest BCUT2D eigenvalue weighted by molar-refractivity contribution is -0.137. The van der Waals surface area contributed by atoms with Gasteiger partial charge in [0.2, 0.25) is 5.95 Å². The zero-order valence-corrected chi connectivity index (χ0v) is 23.4. The Kier molecular flexibility index (Phi) is 7.91. The van der Waals surface area contributed by atoms with E-state index in [9.17, 15) is 37.5 Å². The van der Waals surface area contributed by atoms with Crippen LogP contribution in [-0.4, -0.2) is 54.7 Å². The van der Waals surface area contributed by atoms with Gasteiger partial charge in [0.05, 0.1) is 23.5 Å². The average Bonchev–Trinajstić information content (AvgIpc) is 3.19. The van der Waals surface area contributed by atoms with Crippen LogP contribution in [0, 0.1) is 0 Å². The molecule has 1 aromatic carbocycles. The maximum Gasteiger partial charge on any atom is 0.421 e. The van der Waals surface area contributed by atoms with Crippen LogP contribution in [0.3, 0.4) is 0 Å². The number of rotatable bonds is 8. The number of carbonyl (C=O) groups is 1. The van der Waals surface area contributed by atoms with Crippen molar-refractivity contribution >= 4 is 31.0 Å². The van der Waals surface area contributed by atoms with Crippen LogP contribution >= 0.6 is 7.60 Å². The third-order valence-electron chi connectivity index (χ3n) is 7.15. The number of hydrogen-bond acceptors (Lipinski definition) is 8. The zero-order chi connectivity index (χ0) is 30.3. The third kappa shape index (κ3) is 5.39. The molecular formula is C25H28F3N6O6P. The molecule has 0 radical (unpaired) electrons. The van der Waals surface area contributed by atoms with Gasteiger partial charge in [-0.25, -0.2) is 9.98 Å². The van der Waals surface area contributed by atoms with Gasteiger partial charge >= 0.3 is 13.8 Å². The molecule has 0 saturated carbocycles. The predicted molar refractivity (Wildman–Crippen MR) is 140 cm³/mol. The van der Waals surface area contributed by atoms with Crippen LogP contribution in [0.5, 0.6) is 5.75 Å². The minimum absolute atomic E-state index is 0.0589. The lowest BCUT2D eigenvalue weighted by Crippen LogP contribution is -2.28. The lowest BCUT2D eigenvalue weighted by Gasteiger charge is -2.33. The predicted octanol–water partition coefficient (Wildman–Crippen LogP) is 4.30. The highest BCUT2D eigenvalue weighted by atomic mass is 31.2. The normalized spacial score (nSPS) is 14.4. The summed E-state index contributed by atoms with van der Waals surface area (Å²) in [7, 11) is -1.77. The molecule has 0 spiro atoms. The molecule has 0 fully saturated rings. The van der Waals surface area contributed by atoms with E-state index in [4.69, 9.17) is 4.74 Å². The van der Waals surface area contributed by atoms with E-state index in [1.807, 2.05) is 0 Å². The van der Waals surface area contributed by atoms with Gasteiger partial charge < -0.3 is 29.9 Å². The second kappa shape index (κ2) is 10.8. The number of aromatic nitrogens is 3. The number of halogens is 3. The molecule has 1 aliphatic rings. The minimum atomic E-state index is -4.91.